The zero-order valence-electron chi connectivity index (χ0n) is 6.55. The highest BCUT2D eigenvalue weighted by molar-refractivity contribution is 5.35. The van der Waals surface area contributed by atoms with Crippen LogP contribution in [0.5, 0.6) is 0 Å². The van der Waals surface area contributed by atoms with Crippen molar-refractivity contribution >= 4 is 0 Å². The van der Waals surface area contributed by atoms with Crippen molar-refractivity contribution < 1.29 is 4.74 Å². The molecule has 1 nitrogen and oxygen atoms in total. The molecule has 0 saturated carbocycles. The maximum Gasteiger partial charge on any atom is 0.133 e. The molecule has 0 aromatic carbocycles. The summed E-state index contributed by atoms with van der Waals surface area (Å²) in [4.78, 5) is 0. The van der Waals surface area contributed by atoms with Crippen molar-refractivity contribution in [3.05, 3.63) is 62.1 Å². The molecule has 0 aliphatic carbocycles. The fourth-order valence-electron chi connectivity index (χ4n) is 0.608. The third-order valence-corrected chi connectivity index (χ3v) is 1.12. The molecule has 1 heteroatoms. The first-order valence-electron chi connectivity index (χ1n) is 3.19. The van der Waals surface area contributed by atoms with Crippen LogP contribution in [0.3, 0.4) is 0 Å². The minimum absolute atomic E-state index is 0.616. The Hall–Kier alpha value is -1.50. The second-order valence-corrected chi connectivity index (χ2v) is 1.72. The predicted molar refractivity (Wildman–Crippen MR) is 48.9 cm³/mol. The van der Waals surface area contributed by atoms with Gasteiger partial charge in [0.2, 0.25) is 0 Å². The summed E-state index contributed by atoms with van der Waals surface area (Å²) in [5.41, 5.74) is 0.805. The summed E-state index contributed by atoms with van der Waals surface area (Å²) in [6.07, 6.45) is 6.21. The number of ether oxygens (including phenoxy) is 1. The van der Waals surface area contributed by atoms with E-state index in [-0.39, 0.29) is 0 Å². The minimum Gasteiger partial charge on any atom is -0.465 e. The number of hydrogen-bond donors (Lipinski definition) is 0. The number of rotatable bonds is 5. The van der Waals surface area contributed by atoms with E-state index in [4.69, 9.17) is 4.74 Å². The molecule has 0 atom stereocenters. The van der Waals surface area contributed by atoms with E-state index in [0.717, 1.165) is 5.57 Å². The summed E-state index contributed by atoms with van der Waals surface area (Å²) in [5, 5.41) is 0. The fraction of sp³-hybridized carbons (Fsp3) is 0. The molecule has 0 aliphatic heterocycles. The summed E-state index contributed by atoms with van der Waals surface area (Å²) >= 11 is 0. The average molecular weight is 148 g/mol. The molecule has 0 bridgehead atoms. The van der Waals surface area contributed by atoms with Gasteiger partial charge >= 0.3 is 0 Å². The van der Waals surface area contributed by atoms with Crippen LogP contribution >= 0.6 is 0 Å². The molecule has 0 N–H and O–H groups in total. The standard InChI is InChI=1S/C10H12O/c1-5-9(6-2)10(7-3)11-8-4/h5-8H,1-4H2. The van der Waals surface area contributed by atoms with Crippen molar-refractivity contribution in [3.63, 3.8) is 0 Å². The third kappa shape index (κ3) is 2.72. The van der Waals surface area contributed by atoms with Gasteiger partial charge in [-0.3, -0.25) is 0 Å². The van der Waals surface area contributed by atoms with Gasteiger partial charge in [-0.15, -0.1) is 0 Å². The Morgan fingerprint density at radius 3 is 1.73 bits per heavy atom. The van der Waals surface area contributed by atoms with Crippen LogP contribution in [0.1, 0.15) is 0 Å². The van der Waals surface area contributed by atoms with E-state index >= 15 is 0 Å². The highest BCUT2D eigenvalue weighted by atomic mass is 16.5. The van der Waals surface area contributed by atoms with Crippen LogP contribution < -0.4 is 0 Å². The van der Waals surface area contributed by atoms with E-state index in [0.29, 0.717) is 5.76 Å². The Labute approximate surface area is 67.7 Å². The molecule has 0 heterocycles. The van der Waals surface area contributed by atoms with E-state index in [2.05, 4.69) is 26.3 Å². The first kappa shape index (κ1) is 9.50. The van der Waals surface area contributed by atoms with Crippen LogP contribution in [0, 0.1) is 0 Å². The summed E-state index contributed by atoms with van der Waals surface area (Å²) in [6.45, 7) is 14.2. The lowest BCUT2D eigenvalue weighted by atomic mass is 10.2. The molecule has 0 aromatic heterocycles. The molecular weight excluding hydrogens is 136 g/mol. The Kier molecular flexibility index (Phi) is 4.58. The Balaban J connectivity index is 4.73. The maximum atomic E-state index is 5.02. The first-order valence-corrected chi connectivity index (χ1v) is 3.19. The normalized spacial score (nSPS) is 7.64. The van der Waals surface area contributed by atoms with Gasteiger partial charge in [0.1, 0.15) is 5.76 Å². The molecule has 0 aromatic rings. The Bertz CT molecular complexity index is 199. The predicted octanol–water partition coefficient (Wildman–Crippen LogP) is 2.96. The van der Waals surface area contributed by atoms with Crippen molar-refractivity contribution in [2.45, 2.75) is 0 Å². The van der Waals surface area contributed by atoms with Crippen LogP contribution in [0.4, 0.5) is 0 Å². The molecule has 11 heavy (non-hydrogen) atoms. The van der Waals surface area contributed by atoms with E-state index in [1.165, 1.54) is 6.26 Å². The highest BCUT2D eigenvalue weighted by Crippen LogP contribution is 2.09. The lowest BCUT2D eigenvalue weighted by molar-refractivity contribution is 0.367. The van der Waals surface area contributed by atoms with Gasteiger partial charge in [0.15, 0.2) is 0 Å². The van der Waals surface area contributed by atoms with E-state index < -0.39 is 0 Å². The van der Waals surface area contributed by atoms with Gasteiger partial charge in [0.05, 0.1) is 6.26 Å². The second-order valence-electron chi connectivity index (χ2n) is 1.72. The molecule has 0 spiro atoms. The van der Waals surface area contributed by atoms with E-state index in [1.54, 1.807) is 18.2 Å². The zero-order valence-corrected chi connectivity index (χ0v) is 6.55. The molecule has 0 amide bonds. The molecular formula is C10H12O. The highest BCUT2D eigenvalue weighted by Gasteiger charge is 1.94. The Morgan fingerprint density at radius 1 is 0.909 bits per heavy atom. The van der Waals surface area contributed by atoms with Crippen LogP contribution in [0.15, 0.2) is 62.1 Å². The van der Waals surface area contributed by atoms with Crippen LogP contribution in [0.2, 0.25) is 0 Å². The van der Waals surface area contributed by atoms with Crippen LogP contribution in [0.25, 0.3) is 0 Å². The maximum absolute atomic E-state index is 5.02. The van der Waals surface area contributed by atoms with Gasteiger partial charge in [0, 0.05) is 5.57 Å². The first-order chi connectivity index (χ1) is 5.29. The van der Waals surface area contributed by atoms with E-state index in [9.17, 15) is 0 Å². The van der Waals surface area contributed by atoms with Crippen molar-refractivity contribution in [2.24, 2.45) is 0 Å². The molecule has 0 aliphatic rings. The summed E-state index contributed by atoms with van der Waals surface area (Å²) < 4.78 is 5.02. The van der Waals surface area contributed by atoms with Gasteiger partial charge in [-0.05, 0) is 6.08 Å². The van der Waals surface area contributed by atoms with Crippen molar-refractivity contribution in [1.82, 2.24) is 0 Å². The molecule has 58 valence electrons. The topological polar surface area (TPSA) is 9.23 Å². The largest absolute Gasteiger partial charge is 0.465 e. The lowest BCUT2D eigenvalue weighted by Gasteiger charge is -2.02. The average Bonchev–Trinajstić information content (AvgIpc) is 2.05. The van der Waals surface area contributed by atoms with Crippen molar-refractivity contribution in [2.75, 3.05) is 0 Å². The fourth-order valence-corrected chi connectivity index (χ4v) is 0.608. The van der Waals surface area contributed by atoms with Crippen LogP contribution in [-0.2, 0) is 4.74 Å². The van der Waals surface area contributed by atoms with Gasteiger partial charge in [0.25, 0.3) is 0 Å². The minimum atomic E-state index is 0.616. The van der Waals surface area contributed by atoms with Crippen LogP contribution in [-0.4, -0.2) is 0 Å². The molecule has 0 fully saturated rings. The number of allylic oxidation sites excluding steroid dienone is 4. The molecule has 0 saturated heterocycles. The monoisotopic (exact) mass is 148 g/mol. The van der Waals surface area contributed by atoms with Gasteiger partial charge in [-0.25, -0.2) is 0 Å². The second kappa shape index (κ2) is 5.30. The quantitative estimate of drug-likeness (QED) is 0.430. The van der Waals surface area contributed by atoms with Gasteiger partial charge in [-0.1, -0.05) is 38.5 Å². The van der Waals surface area contributed by atoms with Gasteiger partial charge < -0.3 is 4.74 Å². The SMILES string of the molecule is C=COC(C=C)=C(C=C)C=C. The van der Waals surface area contributed by atoms with Crippen molar-refractivity contribution in [1.29, 1.82) is 0 Å². The lowest BCUT2D eigenvalue weighted by Crippen LogP contribution is -1.84. The Morgan fingerprint density at radius 2 is 1.45 bits per heavy atom. The van der Waals surface area contributed by atoms with Crippen molar-refractivity contribution in [3.8, 4) is 0 Å². The summed E-state index contributed by atoms with van der Waals surface area (Å²) in [5.74, 6) is 0.616. The number of hydrogen-bond acceptors (Lipinski definition) is 1. The zero-order chi connectivity index (χ0) is 8.69. The molecule has 0 rings (SSSR count). The third-order valence-electron chi connectivity index (χ3n) is 1.12. The van der Waals surface area contributed by atoms with Gasteiger partial charge in [-0.2, -0.15) is 0 Å². The summed E-state index contributed by atoms with van der Waals surface area (Å²) in [7, 11) is 0. The molecule has 0 unspecified atom stereocenters. The summed E-state index contributed by atoms with van der Waals surface area (Å²) in [6, 6.07) is 0. The molecule has 0 radical (unpaired) electrons. The van der Waals surface area contributed by atoms with E-state index in [1.807, 2.05) is 0 Å². The smallest absolute Gasteiger partial charge is 0.133 e.